The number of hydrogen-bond donors (Lipinski definition) is 0. The van der Waals surface area contributed by atoms with Crippen molar-refractivity contribution in [3.63, 3.8) is 0 Å². The van der Waals surface area contributed by atoms with Gasteiger partial charge in [-0.05, 0) is 80.1 Å². The highest BCUT2D eigenvalue weighted by Crippen LogP contribution is 2.71. The minimum atomic E-state index is -0.400. The van der Waals surface area contributed by atoms with Crippen molar-refractivity contribution < 1.29 is 14.3 Å². The molecule has 1 aromatic carbocycles. The first-order valence-electron chi connectivity index (χ1n) is 11.6. The molecule has 6 atom stereocenters. The molecule has 1 spiro atoms. The molecule has 3 nitrogen and oxygen atoms in total. The van der Waals surface area contributed by atoms with Gasteiger partial charge in [0.25, 0.3) is 0 Å². The first-order valence-corrected chi connectivity index (χ1v) is 11.6. The van der Waals surface area contributed by atoms with Gasteiger partial charge in [0.2, 0.25) is 0 Å². The lowest BCUT2D eigenvalue weighted by atomic mass is 9.41. The molecule has 29 heavy (non-hydrogen) atoms. The molecular weight excluding hydrogens is 360 g/mol. The van der Waals surface area contributed by atoms with Crippen LogP contribution < -0.4 is 0 Å². The van der Waals surface area contributed by atoms with Gasteiger partial charge in [0, 0.05) is 12.3 Å². The van der Waals surface area contributed by atoms with Gasteiger partial charge in [-0.2, -0.15) is 0 Å². The predicted octanol–water partition coefficient (Wildman–Crippen LogP) is 5.71. The van der Waals surface area contributed by atoms with E-state index in [1.807, 2.05) is 30.3 Å². The van der Waals surface area contributed by atoms with Crippen LogP contribution in [0.15, 0.2) is 30.3 Å². The fourth-order valence-electron chi connectivity index (χ4n) is 8.31. The standard InChI is InChI=1S/C26H34O3/c1-24-12-6-13-25(2,23(28)29-17-18-7-4-3-5-8-18)21(24)11-14-26-15-19(20(27)16-26)9-10-22(24)26/h3-5,7-8,19,21-22H,6,9-17H2,1-2H3/t19-,21+,22+,24-,25-,26+/m1/s1. The first-order chi connectivity index (χ1) is 13.9. The van der Waals surface area contributed by atoms with Crippen LogP contribution in [0.4, 0.5) is 0 Å². The van der Waals surface area contributed by atoms with Crippen LogP contribution in [0.5, 0.6) is 0 Å². The second-order valence-electron chi connectivity index (χ2n) is 11.0. The van der Waals surface area contributed by atoms with Crippen molar-refractivity contribution in [1.82, 2.24) is 0 Å². The fourth-order valence-corrected chi connectivity index (χ4v) is 8.31. The SMILES string of the molecule is C[C@@]12CCC[C@@](C)(C(=O)OCc3ccccc3)[C@H]1CC[C@]13CC(=O)[C@H](CC[C@H]12)C3. The van der Waals surface area contributed by atoms with E-state index in [2.05, 4.69) is 13.8 Å². The number of ketones is 1. The zero-order valence-corrected chi connectivity index (χ0v) is 17.9. The van der Waals surface area contributed by atoms with E-state index in [0.717, 1.165) is 50.5 Å². The number of fused-ring (bicyclic) bond motifs is 3. The quantitative estimate of drug-likeness (QED) is 0.617. The molecule has 0 saturated heterocycles. The maximum Gasteiger partial charge on any atom is 0.312 e. The zero-order chi connectivity index (χ0) is 20.3. The molecule has 4 aliphatic rings. The Morgan fingerprint density at radius 3 is 2.62 bits per heavy atom. The average molecular weight is 395 g/mol. The van der Waals surface area contributed by atoms with Crippen LogP contribution in [0.1, 0.15) is 77.2 Å². The van der Waals surface area contributed by atoms with E-state index in [4.69, 9.17) is 4.74 Å². The maximum absolute atomic E-state index is 13.4. The summed E-state index contributed by atoms with van der Waals surface area (Å²) < 4.78 is 5.88. The van der Waals surface area contributed by atoms with Crippen LogP contribution >= 0.6 is 0 Å². The Labute approximate surface area is 174 Å². The number of ether oxygens (including phenoxy) is 1. The van der Waals surface area contributed by atoms with Crippen LogP contribution in [-0.4, -0.2) is 11.8 Å². The van der Waals surface area contributed by atoms with Gasteiger partial charge in [-0.25, -0.2) is 0 Å². The Morgan fingerprint density at radius 1 is 1.03 bits per heavy atom. The normalized spacial score (nSPS) is 43.4. The first kappa shape index (κ1) is 19.3. The largest absolute Gasteiger partial charge is 0.460 e. The van der Waals surface area contributed by atoms with E-state index in [0.29, 0.717) is 30.1 Å². The van der Waals surface area contributed by atoms with E-state index in [9.17, 15) is 9.59 Å². The van der Waals surface area contributed by atoms with Crippen molar-refractivity contribution in [3.8, 4) is 0 Å². The molecule has 3 heteroatoms. The van der Waals surface area contributed by atoms with Crippen molar-refractivity contribution in [2.24, 2.45) is 34.0 Å². The predicted molar refractivity (Wildman–Crippen MR) is 112 cm³/mol. The topological polar surface area (TPSA) is 43.4 Å². The van der Waals surface area contributed by atoms with Gasteiger partial charge in [0.05, 0.1) is 5.41 Å². The average Bonchev–Trinajstić information content (AvgIpc) is 2.94. The van der Waals surface area contributed by atoms with Crippen molar-refractivity contribution >= 4 is 11.8 Å². The lowest BCUT2D eigenvalue weighted by molar-refractivity contribution is -0.187. The highest BCUT2D eigenvalue weighted by atomic mass is 16.5. The minimum Gasteiger partial charge on any atom is -0.460 e. The number of hydrogen-bond acceptors (Lipinski definition) is 3. The summed E-state index contributed by atoms with van der Waals surface area (Å²) in [5.41, 5.74) is 1.04. The third-order valence-corrected chi connectivity index (χ3v) is 9.56. The zero-order valence-electron chi connectivity index (χ0n) is 17.9. The second kappa shape index (κ2) is 6.68. The van der Waals surface area contributed by atoms with E-state index < -0.39 is 5.41 Å². The molecule has 4 aliphatic carbocycles. The summed E-state index contributed by atoms with van der Waals surface area (Å²) in [6, 6.07) is 9.99. The molecule has 0 heterocycles. The Kier molecular flexibility index (Phi) is 4.46. The molecule has 0 amide bonds. The molecule has 2 bridgehead atoms. The number of rotatable bonds is 3. The molecular formula is C26H34O3. The van der Waals surface area contributed by atoms with Crippen molar-refractivity contribution in [2.45, 2.75) is 78.2 Å². The Bertz CT molecular complexity index is 817. The van der Waals surface area contributed by atoms with Crippen molar-refractivity contribution in [2.75, 3.05) is 0 Å². The third kappa shape index (κ3) is 2.83. The van der Waals surface area contributed by atoms with Crippen LogP contribution in [-0.2, 0) is 20.9 Å². The minimum absolute atomic E-state index is 0.00980. The van der Waals surface area contributed by atoms with Gasteiger partial charge in [-0.3, -0.25) is 9.59 Å². The van der Waals surface area contributed by atoms with Gasteiger partial charge in [-0.15, -0.1) is 0 Å². The van der Waals surface area contributed by atoms with E-state index in [-0.39, 0.29) is 16.8 Å². The number of esters is 1. The summed E-state index contributed by atoms with van der Waals surface area (Å²) in [6.45, 7) is 4.99. The van der Waals surface area contributed by atoms with Gasteiger partial charge in [-0.1, -0.05) is 43.7 Å². The van der Waals surface area contributed by atoms with Crippen LogP contribution in [0.3, 0.4) is 0 Å². The van der Waals surface area contributed by atoms with Crippen molar-refractivity contribution in [1.29, 1.82) is 0 Å². The third-order valence-electron chi connectivity index (χ3n) is 9.56. The van der Waals surface area contributed by atoms with Crippen LogP contribution in [0.2, 0.25) is 0 Å². The Morgan fingerprint density at radius 2 is 1.83 bits per heavy atom. The van der Waals surface area contributed by atoms with E-state index in [1.54, 1.807) is 0 Å². The molecule has 4 saturated carbocycles. The van der Waals surface area contributed by atoms with Gasteiger partial charge in [0.1, 0.15) is 12.4 Å². The lowest BCUT2D eigenvalue weighted by Gasteiger charge is -2.63. The molecule has 1 aromatic rings. The molecule has 0 aromatic heterocycles. The molecule has 5 rings (SSSR count). The molecule has 156 valence electrons. The van der Waals surface area contributed by atoms with Gasteiger partial charge in [0.15, 0.2) is 0 Å². The second-order valence-corrected chi connectivity index (χ2v) is 11.0. The molecule has 0 N–H and O–H groups in total. The summed E-state index contributed by atoms with van der Waals surface area (Å²) in [5, 5.41) is 0. The maximum atomic E-state index is 13.4. The highest BCUT2D eigenvalue weighted by molar-refractivity contribution is 5.84. The van der Waals surface area contributed by atoms with Crippen LogP contribution in [0, 0.1) is 34.0 Å². The monoisotopic (exact) mass is 394 g/mol. The highest BCUT2D eigenvalue weighted by Gasteiger charge is 2.66. The summed E-state index contributed by atoms with van der Waals surface area (Å²) in [5.74, 6) is 1.81. The number of benzene rings is 1. The van der Waals surface area contributed by atoms with Crippen molar-refractivity contribution in [3.05, 3.63) is 35.9 Å². The van der Waals surface area contributed by atoms with E-state index >= 15 is 0 Å². The smallest absolute Gasteiger partial charge is 0.312 e. The summed E-state index contributed by atoms with van der Waals surface area (Å²) in [6.07, 6.45) is 9.60. The Balaban J connectivity index is 1.39. The van der Waals surface area contributed by atoms with Gasteiger partial charge >= 0.3 is 5.97 Å². The summed E-state index contributed by atoms with van der Waals surface area (Å²) in [4.78, 5) is 25.9. The summed E-state index contributed by atoms with van der Waals surface area (Å²) in [7, 11) is 0. The number of carbonyl (C=O) groups is 2. The summed E-state index contributed by atoms with van der Waals surface area (Å²) >= 11 is 0. The number of carbonyl (C=O) groups excluding carboxylic acids is 2. The lowest BCUT2D eigenvalue weighted by Crippen LogP contribution is -2.58. The molecule has 0 radical (unpaired) electrons. The number of Topliss-reactive ketones (excluding diaryl/α,β-unsaturated/α-hetero) is 1. The van der Waals surface area contributed by atoms with Gasteiger partial charge < -0.3 is 4.74 Å². The Hall–Kier alpha value is -1.64. The molecule has 4 fully saturated rings. The fraction of sp³-hybridized carbons (Fsp3) is 0.692. The van der Waals surface area contributed by atoms with Crippen LogP contribution in [0.25, 0.3) is 0 Å². The molecule has 0 aliphatic heterocycles. The van der Waals surface area contributed by atoms with E-state index in [1.165, 1.54) is 12.8 Å². The molecule has 0 unspecified atom stereocenters.